The van der Waals surface area contributed by atoms with Crippen molar-refractivity contribution in [3.63, 3.8) is 0 Å². The fourth-order valence-electron chi connectivity index (χ4n) is 3.69. The summed E-state index contributed by atoms with van der Waals surface area (Å²) in [7, 11) is 1.84. The lowest BCUT2D eigenvalue weighted by Gasteiger charge is -2.38. The molecule has 0 radical (unpaired) electrons. The van der Waals surface area contributed by atoms with Gasteiger partial charge in [0.05, 0.1) is 13.1 Å². The molecule has 2 amide bonds. The van der Waals surface area contributed by atoms with E-state index < -0.39 is 0 Å². The zero-order valence-electron chi connectivity index (χ0n) is 15.3. The summed E-state index contributed by atoms with van der Waals surface area (Å²) in [5, 5.41) is 2.77. The van der Waals surface area contributed by atoms with Gasteiger partial charge in [0, 0.05) is 44.8 Å². The Labute approximate surface area is 153 Å². The highest BCUT2D eigenvalue weighted by molar-refractivity contribution is 5.81. The molecule has 0 bridgehead atoms. The summed E-state index contributed by atoms with van der Waals surface area (Å²) < 4.78 is 13.9. The van der Waals surface area contributed by atoms with Crippen LogP contribution in [-0.4, -0.2) is 78.9 Å². The Balaban J connectivity index is 1.53. The molecule has 2 heterocycles. The number of hydrogen-bond donors (Lipinski definition) is 1. The minimum Gasteiger partial charge on any atom is -0.354 e. The van der Waals surface area contributed by atoms with Crippen molar-refractivity contribution in [1.82, 2.24) is 20.0 Å². The summed E-state index contributed by atoms with van der Waals surface area (Å²) >= 11 is 0. The van der Waals surface area contributed by atoms with Gasteiger partial charge in [0.1, 0.15) is 5.82 Å². The predicted molar refractivity (Wildman–Crippen MR) is 96.9 cm³/mol. The van der Waals surface area contributed by atoms with Gasteiger partial charge in [0.15, 0.2) is 0 Å². The van der Waals surface area contributed by atoms with Gasteiger partial charge in [-0.05, 0) is 25.5 Å². The van der Waals surface area contributed by atoms with Crippen molar-refractivity contribution in [3.8, 4) is 0 Å². The van der Waals surface area contributed by atoms with Crippen LogP contribution in [0.1, 0.15) is 18.4 Å². The Kier molecular flexibility index (Phi) is 6.21. The van der Waals surface area contributed by atoms with Gasteiger partial charge in [-0.3, -0.25) is 19.4 Å². The number of benzene rings is 1. The van der Waals surface area contributed by atoms with Gasteiger partial charge in [-0.1, -0.05) is 18.2 Å². The highest BCUT2D eigenvalue weighted by Gasteiger charge is 2.28. The van der Waals surface area contributed by atoms with Gasteiger partial charge >= 0.3 is 0 Å². The number of likely N-dealkylation sites (tertiary alicyclic amines) is 1. The molecule has 2 fully saturated rings. The average Bonchev–Trinajstić information content (AvgIpc) is 2.63. The molecule has 3 rings (SSSR count). The summed E-state index contributed by atoms with van der Waals surface area (Å²) in [5.74, 6) is -0.166. The van der Waals surface area contributed by atoms with Crippen molar-refractivity contribution in [3.05, 3.63) is 35.6 Å². The van der Waals surface area contributed by atoms with Crippen molar-refractivity contribution in [2.45, 2.75) is 25.4 Å². The number of likely N-dealkylation sites (N-methyl/N-ethyl adjacent to an activating group) is 1. The van der Waals surface area contributed by atoms with E-state index >= 15 is 0 Å². The van der Waals surface area contributed by atoms with E-state index in [1.807, 2.05) is 24.1 Å². The third kappa shape index (κ3) is 4.80. The van der Waals surface area contributed by atoms with Crippen LogP contribution in [0.15, 0.2) is 24.3 Å². The number of carbonyl (C=O) groups excluding carboxylic acids is 2. The molecule has 2 aliphatic rings. The standard InChI is InChI=1S/C19H27FN4O2/c1-22(19(26)14-24-10-8-21-18(25)13-24)16-6-4-9-23(12-16)11-15-5-2-3-7-17(15)20/h2-3,5,7,16H,4,6,8-14H2,1H3,(H,21,25)/t16-/m1/s1. The molecule has 0 saturated carbocycles. The molecule has 1 N–H and O–H groups in total. The molecule has 2 saturated heterocycles. The van der Waals surface area contributed by atoms with Crippen LogP contribution in [-0.2, 0) is 16.1 Å². The van der Waals surface area contributed by atoms with Gasteiger partial charge in [0.25, 0.3) is 0 Å². The first-order chi connectivity index (χ1) is 12.5. The number of amides is 2. The number of nitrogens with zero attached hydrogens (tertiary/aromatic N) is 3. The lowest BCUT2D eigenvalue weighted by molar-refractivity contribution is -0.135. The van der Waals surface area contributed by atoms with Crippen molar-refractivity contribution in [2.75, 3.05) is 46.3 Å². The maximum absolute atomic E-state index is 13.9. The lowest BCUT2D eigenvalue weighted by atomic mass is 10.0. The molecular formula is C19H27FN4O2. The van der Waals surface area contributed by atoms with Gasteiger partial charge in [-0.25, -0.2) is 4.39 Å². The molecule has 0 unspecified atom stereocenters. The van der Waals surface area contributed by atoms with Crippen LogP contribution in [0.3, 0.4) is 0 Å². The predicted octanol–water partition coefficient (Wildman–Crippen LogP) is 0.680. The highest BCUT2D eigenvalue weighted by Crippen LogP contribution is 2.19. The summed E-state index contributed by atoms with van der Waals surface area (Å²) in [6.07, 6.45) is 1.94. The van der Waals surface area contributed by atoms with Crippen LogP contribution in [0.25, 0.3) is 0 Å². The van der Waals surface area contributed by atoms with Crippen molar-refractivity contribution >= 4 is 11.8 Å². The third-order valence-electron chi connectivity index (χ3n) is 5.25. The van der Waals surface area contributed by atoms with E-state index in [1.54, 1.807) is 11.0 Å². The molecule has 1 aromatic carbocycles. The zero-order chi connectivity index (χ0) is 18.5. The van der Waals surface area contributed by atoms with Gasteiger partial charge in [-0.15, -0.1) is 0 Å². The number of rotatable bonds is 5. The largest absolute Gasteiger partial charge is 0.354 e. The normalized spacial score (nSPS) is 22.1. The molecule has 1 atom stereocenters. The van der Waals surface area contributed by atoms with E-state index in [2.05, 4.69) is 10.2 Å². The van der Waals surface area contributed by atoms with E-state index in [-0.39, 0.29) is 36.8 Å². The van der Waals surface area contributed by atoms with Crippen molar-refractivity contribution in [2.24, 2.45) is 0 Å². The molecule has 142 valence electrons. The first kappa shape index (κ1) is 18.8. The molecule has 7 heteroatoms. The van der Waals surface area contributed by atoms with Crippen LogP contribution in [0, 0.1) is 5.82 Å². The van der Waals surface area contributed by atoms with Crippen LogP contribution < -0.4 is 5.32 Å². The Morgan fingerprint density at radius 3 is 2.88 bits per heavy atom. The molecular weight excluding hydrogens is 335 g/mol. The molecule has 0 aliphatic carbocycles. The first-order valence-electron chi connectivity index (χ1n) is 9.23. The number of nitrogens with one attached hydrogen (secondary N) is 1. The molecule has 6 nitrogen and oxygen atoms in total. The van der Waals surface area contributed by atoms with Gasteiger partial charge < -0.3 is 10.2 Å². The fraction of sp³-hybridized carbons (Fsp3) is 0.579. The van der Waals surface area contributed by atoms with Crippen molar-refractivity contribution < 1.29 is 14.0 Å². The summed E-state index contributed by atoms with van der Waals surface area (Å²) in [6, 6.07) is 6.98. The summed E-state index contributed by atoms with van der Waals surface area (Å²) in [4.78, 5) is 30.0. The Morgan fingerprint density at radius 1 is 1.31 bits per heavy atom. The average molecular weight is 362 g/mol. The number of hydrogen-bond acceptors (Lipinski definition) is 4. The van der Waals surface area contributed by atoms with E-state index in [0.29, 0.717) is 25.2 Å². The van der Waals surface area contributed by atoms with E-state index in [0.717, 1.165) is 25.9 Å². The summed E-state index contributed by atoms with van der Waals surface area (Å²) in [5.41, 5.74) is 0.696. The second-order valence-electron chi connectivity index (χ2n) is 7.19. The van der Waals surface area contributed by atoms with Crippen LogP contribution in [0.2, 0.25) is 0 Å². The first-order valence-corrected chi connectivity index (χ1v) is 9.23. The number of halogens is 1. The minimum atomic E-state index is -0.178. The van der Waals surface area contributed by atoms with Crippen LogP contribution in [0.4, 0.5) is 4.39 Å². The van der Waals surface area contributed by atoms with Crippen molar-refractivity contribution in [1.29, 1.82) is 0 Å². The number of carbonyl (C=O) groups is 2. The molecule has 0 spiro atoms. The zero-order valence-corrected chi connectivity index (χ0v) is 15.3. The second-order valence-corrected chi connectivity index (χ2v) is 7.19. The second kappa shape index (κ2) is 8.60. The summed E-state index contributed by atoms with van der Waals surface area (Å²) in [6.45, 7) is 4.08. The van der Waals surface area contributed by atoms with Crippen LogP contribution in [0.5, 0.6) is 0 Å². The topological polar surface area (TPSA) is 55.9 Å². The molecule has 1 aromatic rings. The fourth-order valence-corrected chi connectivity index (χ4v) is 3.69. The lowest BCUT2D eigenvalue weighted by Crippen LogP contribution is -2.54. The maximum atomic E-state index is 13.9. The Hall–Kier alpha value is -1.99. The minimum absolute atomic E-state index is 0.0274. The Bertz CT molecular complexity index is 654. The number of piperazine rings is 1. The molecule has 0 aromatic heterocycles. The smallest absolute Gasteiger partial charge is 0.236 e. The van der Waals surface area contributed by atoms with E-state index in [4.69, 9.17) is 0 Å². The van der Waals surface area contributed by atoms with Gasteiger partial charge in [0.2, 0.25) is 11.8 Å². The maximum Gasteiger partial charge on any atom is 0.236 e. The monoisotopic (exact) mass is 362 g/mol. The Morgan fingerprint density at radius 2 is 2.12 bits per heavy atom. The molecule has 26 heavy (non-hydrogen) atoms. The van der Waals surface area contributed by atoms with E-state index in [9.17, 15) is 14.0 Å². The third-order valence-corrected chi connectivity index (χ3v) is 5.25. The SMILES string of the molecule is CN(C(=O)CN1CCNC(=O)C1)[C@@H]1CCCN(Cc2ccccc2F)C1. The molecule has 2 aliphatic heterocycles. The highest BCUT2D eigenvalue weighted by atomic mass is 19.1. The quantitative estimate of drug-likeness (QED) is 0.837. The van der Waals surface area contributed by atoms with E-state index in [1.165, 1.54) is 6.07 Å². The van der Waals surface area contributed by atoms with Gasteiger partial charge in [-0.2, -0.15) is 0 Å². The van der Waals surface area contributed by atoms with Crippen LogP contribution >= 0.6 is 0 Å². The number of piperidine rings is 1.